The minimum atomic E-state index is -1.91. The molecule has 0 bridgehead atoms. The van der Waals surface area contributed by atoms with Crippen LogP contribution in [0.15, 0.2) is 6.20 Å². The summed E-state index contributed by atoms with van der Waals surface area (Å²) < 4.78 is 43.2. The van der Waals surface area contributed by atoms with Gasteiger partial charge in [0, 0.05) is 38.6 Å². The van der Waals surface area contributed by atoms with E-state index in [9.17, 15) is 38.4 Å². The van der Waals surface area contributed by atoms with Crippen LogP contribution in [0.2, 0.25) is 0 Å². The van der Waals surface area contributed by atoms with Crippen LogP contribution in [0.4, 0.5) is 0 Å². The third-order valence-electron chi connectivity index (χ3n) is 24.4. The van der Waals surface area contributed by atoms with Gasteiger partial charge in [0.05, 0.1) is 6.20 Å². The van der Waals surface area contributed by atoms with Crippen LogP contribution in [-0.2, 0) is 84.7 Å². The summed E-state index contributed by atoms with van der Waals surface area (Å²) in [4.78, 5) is 109. The fourth-order valence-corrected chi connectivity index (χ4v) is 15.7. The smallest absolute Gasteiger partial charge is 0.319 e. The molecule has 0 aliphatic carbocycles. The number of esters is 7. The predicted molar refractivity (Wildman–Crippen MR) is 492 cm³/mol. The zero-order valence-corrected chi connectivity index (χ0v) is 79.5. The van der Waals surface area contributed by atoms with E-state index in [4.69, 9.17) is 38.3 Å². The number of carboxylic acids is 1. The van der Waals surface area contributed by atoms with Gasteiger partial charge in [-0.15, -0.1) is 5.10 Å². The molecule has 19 nitrogen and oxygen atoms in total. The van der Waals surface area contributed by atoms with Gasteiger partial charge in [0.1, 0.15) is 68.2 Å². The number of nitrogens with zero attached hydrogens (tertiary/aromatic N) is 3. The van der Waals surface area contributed by atoms with Crippen LogP contribution in [-0.4, -0.2) is 107 Å². The van der Waals surface area contributed by atoms with Gasteiger partial charge in [-0.2, -0.15) is 0 Å². The van der Waals surface area contributed by atoms with Crippen molar-refractivity contribution in [2.45, 2.75) is 537 Å². The van der Waals surface area contributed by atoms with E-state index in [1.54, 1.807) is 10.9 Å². The Hall–Kier alpha value is -5.10. The third kappa shape index (κ3) is 69.8. The highest BCUT2D eigenvalue weighted by Crippen LogP contribution is 2.30. The van der Waals surface area contributed by atoms with Gasteiger partial charge in [-0.3, -0.25) is 43.0 Å². The van der Waals surface area contributed by atoms with Crippen molar-refractivity contribution < 1.29 is 76.6 Å². The molecule has 19 heteroatoms. The number of aryl methyl sites for hydroxylation is 1. The molecular weight excluding hydrogens is 1520 g/mol. The van der Waals surface area contributed by atoms with Gasteiger partial charge in [-0.05, 0) is 59.3 Å². The number of hydrogen-bond donors (Lipinski definition) is 1. The topological polar surface area (TPSA) is 252 Å². The fourth-order valence-electron chi connectivity index (χ4n) is 15.7. The van der Waals surface area contributed by atoms with Crippen molar-refractivity contribution in [3.8, 4) is 0 Å². The summed E-state index contributed by atoms with van der Waals surface area (Å²) >= 11 is 0. The molecule has 0 radical (unpaired) electrons. The van der Waals surface area contributed by atoms with Gasteiger partial charge in [-0.1, -0.05) is 437 Å². The molecule has 1 aromatic heterocycles. The van der Waals surface area contributed by atoms with E-state index >= 15 is 0 Å². The third-order valence-corrected chi connectivity index (χ3v) is 24.4. The molecule has 0 aliphatic rings. The number of ether oxygens (including phenoxy) is 7. The van der Waals surface area contributed by atoms with E-state index in [-0.39, 0.29) is 38.7 Å². The highest BCUT2D eigenvalue weighted by molar-refractivity contribution is 5.82. The van der Waals surface area contributed by atoms with Crippen LogP contribution >= 0.6 is 0 Å². The van der Waals surface area contributed by atoms with Gasteiger partial charge in [0.15, 0.2) is 0 Å². The molecule has 706 valence electrons. The molecule has 0 fully saturated rings. The van der Waals surface area contributed by atoms with Gasteiger partial charge < -0.3 is 38.3 Å². The number of carboxylic acid groups (broad SMARTS) is 1. The van der Waals surface area contributed by atoms with E-state index in [2.05, 4.69) is 38.0 Å². The van der Waals surface area contributed by atoms with Crippen molar-refractivity contribution in [2.24, 2.45) is 16.2 Å². The van der Waals surface area contributed by atoms with E-state index < -0.39 is 104 Å². The van der Waals surface area contributed by atoms with Crippen molar-refractivity contribution in [3.63, 3.8) is 0 Å². The molecule has 0 amide bonds. The SMILES string of the molecule is CCCCCCCCCCCCCCCCCC(=O)OCC(C)(COC(=O)CCCCCCCCCCCCCCCCC)C(=O)OCC(C)(COC(=O)C(C)(COC(=O)CCCCCCCCCCCCCCCCC)COC(=O)CCCCCCCCCCCCCCCCC)C(=O)OCc1cn(CCCCCCCCCCCC(=O)O)nn1. The second-order valence-corrected chi connectivity index (χ2v) is 37.2. The predicted octanol–water partition coefficient (Wildman–Crippen LogP) is 28.6. The summed E-state index contributed by atoms with van der Waals surface area (Å²) in [5.74, 6) is -5.53. The maximum Gasteiger partial charge on any atom is 0.319 e. The molecule has 0 atom stereocenters. The van der Waals surface area contributed by atoms with Gasteiger partial charge in [0.25, 0.3) is 0 Å². The van der Waals surface area contributed by atoms with Crippen molar-refractivity contribution in [1.29, 1.82) is 0 Å². The van der Waals surface area contributed by atoms with Gasteiger partial charge in [0.2, 0.25) is 0 Å². The molecule has 121 heavy (non-hydrogen) atoms. The quantitative estimate of drug-likeness (QED) is 0.0361. The Bertz CT molecular complexity index is 2400. The second-order valence-electron chi connectivity index (χ2n) is 37.2. The molecule has 0 aromatic carbocycles. The number of rotatable bonds is 93. The van der Waals surface area contributed by atoms with Crippen molar-refractivity contribution >= 4 is 47.8 Å². The zero-order valence-electron chi connectivity index (χ0n) is 79.5. The molecule has 1 aromatic rings. The lowest BCUT2D eigenvalue weighted by molar-refractivity contribution is -0.182. The van der Waals surface area contributed by atoms with Gasteiger partial charge >= 0.3 is 47.8 Å². The molecule has 1 heterocycles. The van der Waals surface area contributed by atoms with Crippen molar-refractivity contribution in [2.75, 3.05) is 39.6 Å². The van der Waals surface area contributed by atoms with Crippen LogP contribution in [0.3, 0.4) is 0 Å². The van der Waals surface area contributed by atoms with Crippen LogP contribution < -0.4 is 0 Å². The summed E-state index contributed by atoms with van der Waals surface area (Å²) in [5, 5.41) is 17.5. The molecule has 1 rings (SSSR count). The van der Waals surface area contributed by atoms with E-state index in [1.165, 1.54) is 303 Å². The Labute approximate surface area is 740 Å². The number of unbranched alkanes of at least 4 members (excludes halogenated alkanes) is 64. The first kappa shape index (κ1) is 114. The first-order valence-electron chi connectivity index (χ1n) is 51.1. The van der Waals surface area contributed by atoms with E-state index in [0.717, 1.165) is 128 Å². The summed E-state index contributed by atoms with van der Waals surface area (Å²) in [6, 6.07) is 0. The number of carbonyl (C=O) groups excluding carboxylic acids is 7. The Kier molecular flexibility index (Phi) is 77.1. The lowest BCUT2D eigenvalue weighted by Crippen LogP contribution is -2.46. The maximum atomic E-state index is 14.8. The average Bonchev–Trinajstić information content (AvgIpc) is 1.08. The normalized spacial score (nSPS) is 11.8. The molecular formula is C102H187N3O16. The average molecular weight is 1710 g/mol. The Morgan fingerprint density at radius 3 is 0.653 bits per heavy atom. The Balaban J connectivity index is 3.41. The maximum absolute atomic E-state index is 14.8. The van der Waals surface area contributed by atoms with Crippen LogP contribution in [0.25, 0.3) is 0 Å². The monoisotopic (exact) mass is 1710 g/mol. The van der Waals surface area contributed by atoms with Crippen LogP contribution in [0.5, 0.6) is 0 Å². The van der Waals surface area contributed by atoms with Crippen molar-refractivity contribution in [1.82, 2.24) is 15.0 Å². The number of hydrogen-bond acceptors (Lipinski definition) is 17. The minimum Gasteiger partial charge on any atom is -0.481 e. The summed E-state index contributed by atoms with van der Waals surface area (Å²) in [6.45, 7) is 10.4. The minimum absolute atomic E-state index is 0.142. The molecule has 0 aliphatic heterocycles. The summed E-state index contributed by atoms with van der Waals surface area (Å²) in [7, 11) is 0. The highest BCUT2D eigenvalue weighted by atomic mass is 16.6. The van der Waals surface area contributed by atoms with Crippen LogP contribution in [0.1, 0.15) is 529 Å². The van der Waals surface area contributed by atoms with Crippen molar-refractivity contribution in [3.05, 3.63) is 11.9 Å². The first-order chi connectivity index (χ1) is 58.9. The largest absolute Gasteiger partial charge is 0.481 e. The number of carbonyl (C=O) groups is 8. The highest BCUT2D eigenvalue weighted by Gasteiger charge is 2.46. The van der Waals surface area contributed by atoms with E-state index in [0.29, 0.717) is 44.3 Å². The second kappa shape index (κ2) is 81.9. The molecule has 0 unspecified atom stereocenters. The molecule has 0 saturated carbocycles. The fraction of sp³-hybridized carbons (Fsp3) is 0.902. The molecule has 0 spiro atoms. The Morgan fingerprint density at radius 2 is 0.438 bits per heavy atom. The van der Waals surface area contributed by atoms with Gasteiger partial charge in [-0.25, -0.2) is 0 Å². The molecule has 0 saturated heterocycles. The number of aromatic nitrogens is 3. The number of aliphatic carboxylic acids is 1. The summed E-state index contributed by atoms with van der Waals surface area (Å²) in [6.07, 6.45) is 82.3. The molecule has 1 N–H and O–H groups in total. The first-order valence-corrected chi connectivity index (χ1v) is 51.1. The lowest BCUT2D eigenvalue weighted by atomic mass is 9.90. The Morgan fingerprint density at radius 1 is 0.256 bits per heavy atom. The van der Waals surface area contributed by atoms with E-state index in [1.807, 2.05) is 0 Å². The van der Waals surface area contributed by atoms with Crippen LogP contribution in [0, 0.1) is 16.2 Å². The standard InChI is InChI=1S/C102H187N3O16/c1-8-12-16-20-24-28-32-36-40-44-48-54-60-66-72-78-93(108)116-85-100(5,86-117-94(109)79-73-67-61-55-49-45-41-37-33-29-25-21-17-13-9-2)98(113)120-89-102(7,97(112)115-84-91-83-105(104-103-91)82-76-70-64-58-52-53-59-65-71-77-92(106)107)90-121-99(114)101(6,87-118-95(110)80-74-68-62-56-50-46-42-38-34-30-26-22-18-14-10-3)88-119-96(111)81-75-69-63-57-51-47-43-39-35-31-27-23-19-15-11-4/h83H,8-82,84-90H2,1-7H3,(H,106,107). The summed E-state index contributed by atoms with van der Waals surface area (Å²) in [5.41, 5.74) is -5.02. The zero-order chi connectivity index (χ0) is 88.3. The lowest BCUT2D eigenvalue weighted by Gasteiger charge is -2.32.